The van der Waals surface area contributed by atoms with Crippen LogP contribution in [0.5, 0.6) is 0 Å². The van der Waals surface area contributed by atoms with Gasteiger partial charge in [-0.1, -0.05) is 19.1 Å². The van der Waals surface area contributed by atoms with Crippen molar-refractivity contribution in [2.45, 2.75) is 70.2 Å². The van der Waals surface area contributed by atoms with Gasteiger partial charge >= 0.3 is 0 Å². The van der Waals surface area contributed by atoms with Crippen LogP contribution in [0.1, 0.15) is 57.6 Å². The van der Waals surface area contributed by atoms with Gasteiger partial charge in [0.05, 0.1) is 12.2 Å². The third-order valence-corrected chi connectivity index (χ3v) is 5.54. The number of rotatable bonds is 6. The van der Waals surface area contributed by atoms with E-state index in [9.17, 15) is 5.11 Å². The molecule has 3 unspecified atom stereocenters. The minimum atomic E-state index is -0.117. The molecule has 2 N–H and O–H groups in total. The Labute approximate surface area is 146 Å². The molecule has 0 saturated carbocycles. The molecule has 0 bridgehead atoms. The molecule has 2 aliphatic heterocycles. The smallest absolute Gasteiger partial charge is 0.0728 e. The van der Waals surface area contributed by atoms with Crippen LogP contribution in [0.3, 0.4) is 0 Å². The molecule has 4 nitrogen and oxygen atoms in total. The maximum absolute atomic E-state index is 9.64. The number of nitrogens with one attached hydrogen (secondary N) is 1. The quantitative estimate of drug-likeness (QED) is 0.839. The summed E-state index contributed by atoms with van der Waals surface area (Å²) in [6.45, 7) is 7.29. The predicted molar refractivity (Wildman–Crippen MR) is 98.5 cm³/mol. The standard InChI is InChI=1S/C20H32N2O2/c1-3-19(20-5-4-14-24-20)21-15(2)16-6-8-17(9-7-16)22-12-10-18(23)11-13-22/h6-9,15,18-21,23H,3-5,10-14H2,1-2H3. The van der Waals surface area contributed by atoms with Crippen LogP contribution in [0, 0.1) is 0 Å². The molecule has 134 valence electrons. The van der Waals surface area contributed by atoms with Gasteiger partial charge in [-0.3, -0.25) is 0 Å². The van der Waals surface area contributed by atoms with Crippen molar-refractivity contribution >= 4 is 5.69 Å². The van der Waals surface area contributed by atoms with Gasteiger partial charge in [-0.05, 0) is 56.7 Å². The Morgan fingerprint density at radius 3 is 2.50 bits per heavy atom. The lowest BCUT2D eigenvalue weighted by Gasteiger charge is -2.32. The second kappa shape index (κ2) is 8.32. The van der Waals surface area contributed by atoms with Gasteiger partial charge in [-0.15, -0.1) is 0 Å². The molecule has 2 aliphatic rings. The van der Waals surface area contributed by atoms with Crippen molar-refractivity contribution in [3.63, 3.8) is 0 Å². The van der Waals surface area contributed by atoms with Gasteiger partial charge in [0.1, 0.15) is 0 Å². The first-order valence-corrected chi connectivity index (χ1v) is 9.58. The number of aliphatic hydroxyl groups is 1. The Morgan fingerprint density at radius 2 is 1.92 bits per heavy atom. The zero-order chi connectivity index (χ0) is 16.9. The largest absolute Gasteiger partial charge is 0.393 e. The van der Waals surface area contributed by atoms with Gasteiger partial charge in [-0.2, -0.15) is 0 Å². The summed E-state index contributed by atoms with van der Waals surface area (Å²) in [5.41, 5.74) is 2.59. The molecular formula is C20H32N2O2. The third kappa shape index (κ3) is 4.29. The molecule has 0 aromatic heterocycles. The first kappa shape index (κ1) is 17.7. The van der Waals surface area contributed by atoms with Crippen LogP contribution in [0.4, 0.5) is 5.69 Å². The maximum Gasteiger partial charge on any atom is 0.0728 e. The topological polar surface area (TPSA) is 44.7 Å². The van der Waals surface area contributed by atoms with Crippen molar-refractivity contribution in [1.82, 2.24) is 5.32 Å². The summed E-state index contributed by atoms with van der Waals surface area (Å²) in [7, 11) is 0. The monoisotopic (exact) mass is 332 g/mol. The molecule has 2 heterocycles. The van der Waals surface area contributed by atoms with Gasteiger partial charge in [0.15, 0.2) is 0 Å². The van der Waals surface area contributed by atoms with E-state index in [1.807, 2.05) is 0 Å². The Hall–Kier alpha value is -1.10. The van der Waals surface area contributed by atoms with E-state index >= 15 is 0 Å². The molecule has 3 rings (SSSR count). The number of piperidine rings is 1. The second-order valence-electron chi connectivity index (χ2n) is 7.26. The minimum Gasteiger partial charge on any atom is -0.393 e. The van der Waals surface area contributed by atoms with Crippen LogP contribution in [0.2, 0.25) is 0 Å². The van der Waals surface area contributed by atoms with Crippen LogP contribution in [0.15, 0.2) is 24.3 Å². The Kier molecular flexibility index (Phi) is 6.14. The molecule has 4 heteroatoms. The normalized spacial score (nSPS) is 25.0. The van der Waals surface area contributed by atoms with Crippen molar-refractivity contribution in [3.05, 3.63) is 29.8 Å². The van der Waals surface area contributed by atoms with E-state index in [-0.39, 0.29) is 6.10 Å². The lowest BCUT2D eigenvalue weighted by Crippen LogP contribution is -2.40. The average Bonchev–Trinajstić information content (AvgIpc) is 3.15. The molecular weight excluding hydrogens is 300 g/mol. The fourth-order valence-corrected chi connectivity index (χ4v) is 3.92. The van der Waals surface area contributed by atoms with Crippen molar-refractivity contribution < 1.29 is 9.84 Å². The first-order valence-electron chi connectivity index (χ1n) is 9.58. The van der Waals surface area contributed by atoms with E-state index in [4.69, 9.17) is 4.74 Å². The third-order valence-electron chi connectivity index (χ3n) is 5.54. The zero-order valence-electron chi connectivity index (χ0n) is 15.1. The number of ether oxygens (including phenoxy) is 1. The maximum atomic E-state index is 9.64. The Bertz CT molecular complexity index is 491. The summed E-state index contributed by atoms with van der Waals surface area (Å²) in [5.74, 6) is 0. The second-order valence-corrected chi connectivity index (χ2v) is 7.26. The van der Waals surface area contributed by atoms with Crippen molar-refractivity contribution in [3.8, 4) is 0 Å². The fourth-order valence-electron chi connectivity index (χ4n) is 3.92. The number of benzene rings is 1. The van der Waals surface area contributed by atoms with E-state index in [1.165, 1.54) is 24.1 Å². The molecule has 0 radical (unpaired) electrons. The zero-order valence-corrected chi connectivity index (χ0v) is 15.1. The van der Waals surface area contributed by atoms with E-state index in [0.717, 1.165) is 39.0 Å². The molecule has 2 saturated heterocycles. The molecule has 1 aromatic carbocycles. The van der Waals surface area contributed by atoms with E-state index < -0.39 is 0 Å². The molecule has 3 atom stereocenters. The van der Waals surface area contributed by atoms with Crippen LogP contribution < -0.4 is 10.2 Å². The number of nitrogens with zero attached hydrogens (tertiary/aromatic N) is 1. The van der Waals surface area contributed by atoms with Crippen LogP contribution in [0.25, 0.3) is 0 Å². The van der Waals surface area contributed by atoms with Gasteiger partial charge in [0.2, 0.25) is 0 Å². The number of hydrogen-bond acceptors (Lipinski definition) is 4. The summed E-state index contributed by atoms with van der Waals surface area (Å²) in [6.07, 6.45) is 5.47. The molecule has 24 heavy (non-hydrogen) atoms. The molecule has 0 amide bonds. The first-order chi connectivity index (χ1) is 11.7. The van der Waals surface area contributed by atoms with Crippen LogP contribution in [-0.4, -0.2) is 43.1 Å². The Balaban J connectivity index is 1.57. The van der Waals surface area contributed by atoms with Gasteiger partial charge in [0.25, 0.3) is 0 Å². The summed E-state index contributed by atoms with van der Waals surface area (Å²) >= 11 is 0. The van der Waals surface area contributed by atoms with Gasteiger partial charge in [0, 0.05) is 37.5 Å². The van der Waals surface area contributed by atoms with Crippen LogP contribution in [-0.2, 0) is 4.74 Å². The summed E-state index contributed by atoms with van der Waals surface area (Å²) in [6, 6.07) is 9.68. The summed E-state index contributed by atoms with van der Waals surface area (Å²) in [4.78, 5) is 2.37. The number of hydrogen-bond donors (Lipinski definition) is 2. The molecule has 2 fully saturated rings. The highest BCUT2D eigenvalue weighted by atomic mass is 16.5. The molecule has 1 aromatic rings. The average molecular weight is 332 g/mol. The predicted octanol–water partition coefficient (Wildman–Crippen LogP) is 3.26. The Morgan fingerprint density at radius 1 is 1.21 bits per heavy atom. The number of aliphatic hydroxyl groups excluding tert-OH is 1. The van der Waals surface area contributed by atoms with Crippen LogP contribution >= 0.6 is 0 Å². The van der Waals surface area contributed by atoms with Gasteiger partial charge in [-0.25, -0.2) is 0 Å². The SMILES string of the molecule is CCC(NC(C)c1ccc(N2CCC(O)CC2)cc1)C1CCCO1. The van der Waals surface area contributed by atoms with Crippen molar-refractivity contribution in [1.29, 1.82) is 0 Å². The highest BCUT2D eigenvalue weighted by Crippen LogP contribution is 2.24. The molecule has 0 spiro atoms. The fraction of sp³-hybridized carbons (Fsp3) is 0.700. The van der Waals surface area contributed by atoms with E-state index in [0.29, 0.717) is 18.2 Å². The number of anilines is 1. The highest BCUT2D eigenvalue weighted by molar-refractivity contribution is 5.48. The molecule has 0 aliphatic carbocycles. The van der Waals surface area contributed by atoms with Crippen molar-refractivity contribution in [2.24, 2.45) is 0 Å². The highest BCUT2D eigenvalue weighted by Gasteiger charge is 2.26. The van der Waals surface area contributed by atoms with Crippen molar-refractivity contribution in [2.75, 3.05) is 24.6 Å². The summed E-state index contributed by atoms with van der Waals surface area (Å²) < 4.78 is 5.86. The van der Waals surface area contributed by atoms with Gasteiger partial charge < -0.3 is 20.1 Å². The minimum absolute atomic E-state index is 0.117. The van der Waals surface area contributed by atoms with E-state index in [1.54, 1.807) is 0 Å². The van der Waals surface area contributed by atoms with E-state index in [2.05, 4.69) is 48.3 Å². The summed E-state index contributed by atoms with van der Waals surface area (Å²) in [5, 5.41) is 13.4. The lowest BCUT2D eigenvalue weighted by molar-refractivity contribution is 0.0735. The lowest BCUT2D eigenvalue weighted by atomic mass is 10.0.